The number of anilines is 1. The zero-order valence-electron chi connectivity index (χ0n) is 13.8. The van der Waals surface area contributed by atoms with E-state index in [0.717, 1.165) is 0 Å². The number of nitro benzene ring substituents is 2. The van der Waals surface area contributed by atoms with Crippen LogP contribution < -0.4 is 10.9 Å². The van der Waals surface area contributed by atoms with Gasteiger partial charge in [0, 0.05) is 49.6 Å². The van der Waals surface area contributed by atoms with E-state index in [1.54, 1.807) is 7.05 Å². The predicted octanol–water partition coefficient (Wildman–Crippen LogP) is 2.46. The Hall–Kier alpha value is -3.82. The van der Waals surface area contributed by atoms with Gasteiger partial charge in [-0.05, 0) is 12.1 Å². The summed E-state index contributed by atoms with van der Waals surface area (Å²) >= 11 is 0. The van der Waals surface area contributed by atoms with Crippen molar-refractivity contribution < 1.29 is 9.85 Å². The summed E-state index contributed by atoms with van der Waals surface area (Å²) in [7, 11) is 3.12. The summed E-state index contributed by atoms with van der Waals surface area (Å²) in [4.78, 5) is 37.9. The van der Waals surface area contributed by atoms with E-state index in [9.17, 15) is 25.0 Å². The maximum Gasteiger partial charge on any atom is 0.277 e. The average molecular weight is 355 g/mol. The Morgan fingerprint density at radius 1 is 1.04 bits per heavy atom. The molecule has 0 spiro atoms. The molecule has 26 heavy (non-hydrogen) atoms. The van der Waals surface area contributed by atoms with Gasteiger partial charge in [-0.3, -0.25) is 25.0 Å². The molecule has 0 fully saturated rings. The molecule has 1 aromatic heterocycles. The molecule has 0 saturated heterocycles. The predicted molar refractivity (Wildman–Crippen MR) is 95.3 cm³/mol. The number of aryl methyl sites for hydroxylation is 1. The fourth-order valence-corrected chi connectivity index (χ4v) is 2.67. The second-order valence-corrected chi connectivity index (χ2v) is 5.49. The number of aromatic nitrogens is 2. The topological polar surface area (TPSA) is 133 Å². The van der Waals surface area contributed by atoms with Gasteiger partial charge in [-0.2, -0.15) is 0 Å². The van der Waals surface area contributed by atoms with E-state index in [1.165, 1.54) is 48.0 Å². The standard InChI is InChI=1S/C16H13N5O5/c1-17-12-5-3-9(20(23)24)7-11(12)15-16(22)19(2)14-6-4-10(21(25)26)8-13(14)18-15/h3-8,17H,1-2H3. The molecule has 1 N–H and O–H groups in total. The number of nitro groups is 2. The maximum absolute atomic E-state index is 12.7. The highest BCUT2D eigenvalue weighted by Crippen LogP contribution is 2.30. The van der Waals surface area contributed by atoms with Crippen LogP contribution in [-0.4, -0.2) is 26.4 Å². The molecular formula is C16H13N5O5. The summed E-state index contributed by atoms with van der Waals surface area (Å²) in [5.41, 5.74) is 0.521. The van der Waals surface area contributed by atoms with Gasteiger partial charge in [-0.15, -0.1) is 0 Å². The molecule has 0 aliphatic rings. The van der Waals surface area contributed by atoms with Gasteiger partial charge in [-0.25, -0.2) is 4.98 Å². The van der Waals surface area contributed by atoms with Crippen LogP contribution in [-0.2, 0) is 7.05 Å². The van der Waals surface area contributed by atoms with Crippen LogP contribution >= 0.6 is 0 Å². The largest absolute Gasteiger partial charge is 0.388 e. The molecule has 2 aromatic carbocycles. The van der Waals surface area contributed by atoms with Crippen molar-refractivity contribution in [1.29, 1.82) is 0 Å². The lowest BCUT2D eigenvalue weighted by atomic mass is 10.1. The molecule has 0 amide bonds. The van der Waals surface area contributed by atoms with Gasteiger partial charge >= 0.3 is 0 Å². The minimum atomic E-state index is -0.570. The molecule has 0 atom stereocenters. The second kappa shape index (κ2) is 6.24. The zero-order chi connectivity index (χ0) is 19.0. The quantitative estimate of drug-likeness (QED) is 0.561. The van der Waals surface area contributed by atoms with Crippen molar-refractivity contribution in [2.45, 2.75) is 0 Å². The van der Waals surface area contributed by atoms with Crippen molar-refractivity contribution in [3.05, 3.63) is 67.0 Å². The smallest absolute Gasteiger partial charge is 0.277 e. The van der Waals surface area contributed by atoms with Gasteiger partial charge < -0.3 is 9.88 Å². The first kappa shape index (κ1) is 17.0. The molecule has 1 heterocycles. The van der Waals surface area contributed by atoms with E-state index in [4.69, 9.17) is 0 Å². The fourth-order valence-electron chi connectivity index (χ4n) is 2.67. The van der Waals surface area contributed by atoms with Crippen molar-refractivity contribution >= 4 is 28.1 Å². The summed E-state index contributed by atoms with van der Waals surface area (Å²) in [5.74, 6) is 0. The number of hydrogen-bond acceptors (Lipinski definition) is 7. The summed E-state index contributed by atoms with van der Waals surface area (Å²) in [6, 6.07) is 8.03. The third-order valence-corrected chi connectivity index (χ3v) is 4.01. The Kier molecular flexibility index (Phi) is 4.08. The van der Waals surface area contributed by atoms with Crippen molar-refractivity contribution in [2.24, 2.45) is 7.05 Å². The lowest BCUT2D eigenvalue weighted by molar-refractivity contribution is -0.385. The molecule has 0 bridgehead atoms. The molecule has 0 unspecified atom stereocenters. The SMILES string of the molecule is CNc1ccc([N+](=O)[O-])cc1-c1nc2cc([N+](=O)[O-])ccc2n(C)c1=O. The molecule has 0 saturated carbocycles. The number of rotatable bonds is 4. The molecule has 3 rings (SSSR count). The van der Waals surface area contributed by atoms with Crippen LogP contribution in [0.25, 0.3) is 22.3 Å². The minimum absolute atomic E-state index is 0.0338. The number of nitrogens with zero attached hydrogens (tertiary/aromatic N) is 4. The molecular weight excluding hydrogens is 342 g/mol. The summed E-state index contributed by atoms with van der Waals surface area (Å²) in [6.45, 7) is 0. The first-order valence-corrected chi connectivity index (χ1v) is 7.45. The van der Waals surface area contributed by atoms with Gasteiger partial charge in [0.15, 0.2) is 0 Å². The Morgan fingerprint density at radius 3 is 2.27 bits per heavy atom. The first-order valence-electron chi connectivity index (χ1n) is 7.45. The number of benzene rings is 2. The lowest BCUT2D eigenvalue weighted by Gasteiger charge is -2.11. The molecule has 3 aromatic rings. The van der Waals surface area contributed by atoms with Gasteiger partial charge in [0.1, 0.15) is 5.69 Å². The zero-order valence-corrected chi connectivity index (χ0v) is 13.8. The van der Waals surface area contributed by atoms with Crippen LogP contribution in [0.2, 0.25) is 0 Å². The molecule has 10 heteroatoms. The van der Waals surface area contributed by atoms with E-state index >= 15 is 0 Å². The van der Waals surface area contributed by atoms with Crippen LogP contribution in [0.5, 0.6) is 0 Å². The van der Waals surface area contributed by atoms with Crippen molar-refractivity contribution in [1.82, 2.24) is 9.55 Å². The summed E-state index contributed by atoms with van der Waals surface area (Å²) < 4.78 is 1.31. The third kappa shape index (κ3) is 2.73. The molecule has 0 radical (unpaired) electrons. The van der Waals surface area contributed by atoms with Crippen molar-refractivity contribution in [3.8, 4) is 11.3 Å². The van der Waals surface area contributed by atoms with Crippen LogP contribution in [0, 0.1) is 20.2 Å². The number of nitrogens with one attached hydrogen (secondary N) is 1. The van der Waals surface area contributed by atoms with E-state index in [0.29, 0.717) is 11.2 Å². The van der Waals surface area contributed by atoms with Crippen LogP contribution in [0.3, 0.4) is 0 Å². The van der Waals surface area contributed by atoms with E-state index in [1.807, 2.05) is 0 Å². The van der Waals surface area contributed by atoms with Crippen molar-refractivity contribution in [3.63, 3.8) is 0 Å². The summed E-state index contributed by atoms with van der Waals surface area (Å²) in [5, 5.41) is 24.9. The first-order chi connectivity index (χ1) is 12.3. The Labute approximate surface area is 146 Å². The van der Waals surface area contributed by atoms with E-state index in [-0.39, 0.29) is 28.1 Å². The Bertz CT molecular complexity index is 1120. The van der Waals surface area contributed by atoms with Crippen LogP contribution in [0.1, 0.15) is 0 Å². The number of fused-ring (bicyclic) bond motifs is 1. The fraction of sp³-hybridized carbons (Fsp3) is 0.125. The van der Waals surface area contributed by atoms with Crippen molar-refractivity contribution in [2.75, 3.05) is 12.4 Å². The third-order valence-electron chi connectivity index (χ3n) is 4.01. The number of non-ortho nitro benzene ring substituents is 2. The highest BCUT2D eigenvalue weighted by atomic mass is 16.6. The monoisotopic (exact) mass is 355 g/mol. The van der Waals surface area contributed by atoms with Gasteiger partial charge in [0.2, 0.25) is 0 Å². The molecule has 132 valence electrons. The van der Waals surface area contributed by atoms with E-state index in [2.05, 4.69) is 10.3 Å². The van der Waals surface area contributed by atoms with Gasteiger partial charge in [0.05, 0.1) is 20.9 Å². The van der Waals surface area contributed by atoms with Gasteiger partial charge in [0.25, 0.3) is 16.9 Å². The highest BCUT2D eigenvalue weighted by molar-refractivity contribution is 5.83. The molecule has 0 aliphatic carbocycles. The normalized spacial score (nSPS) is 10.7. The van der Waals surface area contributed by atoms with Crippen LogP contribution in [0.4, 0.5) is 17.1 Å². The molecule has 0 aliphatic heterocycles. The Morgan fingerprint density at radius 2 is 1.65 bits per heavy atom. The lowest BCUT2D eigenvalue weighted by Crippen LogP contribution is -2.21. The van der Waals surface area contributed by atoms with Crippen LogP contribution in [0.15, 0.2) is 41.2 Å². The van der Waals surface area contributed by atoms with Gasteiger partial charge in [-0.1, -0.05) is 0 Å². The highest BCUT2D eigenvalue weighted by Gasteiger charge is 2.19. The maximum atomic E-state index is 12.7. The van der Waals surface area contributed by atoms with E-state index < -0.39 is 15.4 Å². The summed E-state index contributed by atoms with van der Waals surface area (Å²) in [6.07, 6.45) is 0. The average Bonchev–Trinajstić information content (AvgIpc) is 2.63. The minimum Gasteiger partial charge on any atom is -0.388 e. The second-order valence-electron chi connectivity index (χ2n) is 5.49. The number of hydrogen-bond donors (Lipinski definition) is 1. The Balaban J connectivity index is 2.36. The molecule has 10 nitrogen and oxygen atoms in total.